The van der Waals surface area contributed by atoms with Crippen LogP contribution in [0.3, 0.4) is 0 Å². The molecule has 5 rings (SSSR count). The molecule has 34 heavy (non-hydrogen) atoms. The molecule has 1 fully saturated rings. The van der Waals surface area contributed by atoms with Gasteiger partial charge in [0.05, 0.1) is 0 Å². The van der Waals surface area contributed by atoms with Crippen LogP contribution in [0, 0.1) is 0 Å². The van der Waals surface area contributed by atoms with E-state index < -0.39 is 0 Å². The van der Waals surface area contributed by atoms with E-state index in [1.54, 1.807) is 11.3 Å². The normalized spacial score (nSPS) is 18.7. The molecule has 4 heterocycles. The first-order valence-corrected chi connectivity index (χ1v) is 15.9. The van der Waals surface area contributed by atoms with Crippen LogP contribution in [0.1, 0.15) is 53.1 Å². The maximum absolute atomic E-state index is 12.6. The number of carbonyl (C=O) groups is 1. The summed E-state index contributed by atoms with van der Waals surface area (Å²) in [5, 5.41) is 11.6. The third kappa shape index (κ3) is 5.06. The number of rotatable bonds is 6. The zero-order valence-electron chi connectivity index (χ0n) is 18.7. The standard InChI is InChI=1S/C22H21Cl2N6O2S.Ga.2H/c1-13-4-2-3-5-15(13)18-10-16(28-32-18)17-12-33-20(25-17)14-6-8-29(9-7-14)19(31)11-30-22(24)26-21(23)27-30;;;/h2-5,12,14,18H,1,6-11H2;;;. The van der Waals surface area contributed by atoms with Crippen molar-refractivity contribution in [2.75, 3.05) is 13.1 Å². The molecule has 0 aliphatic carbocycles. The van der Waals surface area contributed by atoms with Crippen LogP contribution < -0.4 is 0 Å². The van der Waals surface area contributed by atoms with Crippen molar-refractivity contribution in [3.05, 3.63) is 62.0 Å². The number of aromatic nitrogens is 4. The van der Waals surface area contributed by atoms with Crippen LogP contribution in [0.4, 0.5) is 0 Å². The third-order valence-electron chi connectivity index (χ3n) is 6.35. The van der Waals surface area contributed by atoms with Crippen molar-refractivity contribution >= 4 is 64.8 Å². The van der Waals surface area contributed by atoms with E-state index in [-0.39, 0.29) is 29.1 Å². The topological polar surface area (TPSA) is 85.5 Å². The molecule has 0 saturated carbocycles. The number of benzene rings is 1. The van der Waals surface area contributed by atoms with Gasteiger partial charge in [-0.3, -0.25) is 4.79 Å². The predicted octanol–water partition coefficient (Wildman–Crippen LogP) is 3.45. The van der Waals surface area contributed by atoms with Gasteiger partial charge in [-0.1, -0.05) is 0 Å². The van der Waals surface area contributed by atoms with Gasteiger partial charge >= 0.3 is 151 Å². The van der Waals surface area contributed by atoms with Gasteiger partial charge in [0.15, 0.2) is 0 Å². The summed E-state index contributed by atoms with van der Waals surface area (Å²) in [5.41, 5.74) is 4.44. The molecule has 2 aliphatic heterocycles. The van der Waals surface area contributed by atoms with E-state index in [0.29, 0.717) is 19.0 Å². The van der Waals surface area contributed by atoms with E-state index in [1.165, 1.54) is 15.8 Å². The second-order valence-corrected chi connectivity index (χ2v) is 11.5. The molecule has 2 aromatic heterocycles. The Bertz CT molecular complexity index is 1220. The number of hydrogen-bond acceptors (Lipinski definition) is 7. The Kier molecular flexibility index (Phi) is 7.31. The zero-order valence-corrected chi connectivity index (χ0v) is 25.2. The summed E-state index contributed by atoms with van der Waals surface area (Å²) >= 11 is 14.1. The summed E-state index contributed by atoms with van der Waals surface area (Å²) in [6, 6.07) is 8.50. The van der Waals surface area contributed by atoms with Crippen LogP contribution in [0.15, 0.2) is 34.8 Å². The van der Waals surface area contributed by atoms with Crippen molar-refractivity contribution in [1.82, 2.24) is 24.6 Å². The minimum atomic E-state index is -0.0405. The third-order valence-corrected chi connectivity index (χ3v) is 9.40. The second kappa shape index (κ2) is 10.4. The van der Waals surface area contributed by atoms with Crippen molar-refractivity contribution in [3.63, 3.8) is 0 Å². The van der Waals surface area contributed by atoms with Crippen LogP contribution in [0.2, 0.25) is 10.6 Å². The van der Waals surface area contributed by atoms with E-state index >= 15 is 0 Å². The van der Waals surface area contributed by atoms with Crippen LogP contribution >= 0.6 is 34.5 Å². The Morgan fingerprint density at radius 1 is 1.21 bits per heavy atom. The number of amides is 1. The predicted molar refractivity (Wildman–Crippen MR) is 134 cm³/mol. The van der Waals surface area contributed by atoms with Gasteiger partial charge in [-0.25, -0.2) is 4.68 Å². The van der Waals surface area contributed by atoms with Gasteiger partial charge in [0.2, 0.25) is 16.5 Å². The van der Waals surface area contributed by atoms with Crippen LogP contribution in [-0.4, -0.2) is 68.0 Å². The first-order chi connectivity index (χ1) is 16.5. The summed E-state index contributed by atoms with van der Waals surface area (Å²) in [6.07, 6.45) is 2.45. The van der Waals surface area contributed by atoms with E-state index in [0.717, 1.165) is 59.3 Å². The number of likely N-dealkylation sites (tertiary alicyclic amines) is 1. The monoisotopic (exact) mass is 574 g/mol. The number of thiazole rings is 1. The Morgan fingerprint density at radius 3 is 2.74 bits per heavy atom. The molecule has 0 N–H and O–H groups in total. The molecule has 0 spiro atoms. The van der Waals surface area contributed by atoms with Crippen molar-refractivity contribution in [2.24, 2.45) is 5.16 Å². The number of halogens is 2. The molecule has 2 aliphatic rings. The summed E-state index contributed by atoms with van der Waals surface area (Å²) < 4.78 is 1.32. The Hall–Kier alpha value is -1.85. The van der Waals surface area contributed by atoms with Crippen molar-refractivity contribution < 1.29 is 9.63 Å². The summed E-state index contributed by atoms with van der Waals surface area (Å²) in [4.78, 5) is 30.1. The first kappa shape index (κ1) is 23.9. The molecule has 1 unspecified atom stereocenters. The molecular formula is C22H23Cl2GaN6O2S. The fourth-order valence-corrected chi connectivity index (χ4v) is 7.22. The number of oxime groups is 1. The van der Waals surface area contributed by atoms with Gasteiger partial charge in [-0.15, -0.1) is 5.10 Å². The zero-order chi connectivity index (χ0) is 23.7. The van der Waals surface area contributed by atoms with Gasteiger partial charge in [0.25, 0.3) is 0 Å². The van der Waals surface area contributed by atoms with Crippen molar-refractivity contribution in [3.8, 4) is 0 Å². The number of nitrogens with zero attached hydrogens (tertiary/aromatic N) is 6. The molecule has 3 aromatic rings. The van der Waals surface area contributed by atoms with E-state index in [2.05, 4.69) is 44.9 Å². The first-order valence-electron chi connectivity index (χ1n) is 11.3. The van der Waals surface area contributed by atoms with Crippen molar-refractivity contribution in [1.29, 1.82) is 0 Å². The number of hydrogen-bond donors (Lipinski definition) is 0. The average molecular weight is 576 g/mol. The quantitative estimate of drug-likeness (QED) is 0.420. The van der Waals surface area contributed by atoms with Gasteiger partial charge in [-0.2, -0.15) is 4.98 Å². The molecule has 0 radical (unpaired) electrons. The summed E-state index contributed by atoms with van der Waals surface area (Å²) in [7, 11) is 0. The molecule has 12 heteroatoms. The molecular weight excluding hydrogens is 553 g/mol. The Balaban J connectivity index is 1.17. The molecule has 0 bridgehead atoms. The summed E-state index contributed by atoms with van der Waals surface area (Å²) in [5.74, 6) is 0.291. The molecule has 1 aromatic carbocycles. The SMILES string of the molecule is O=C(Cn1nc(Cl)nc1Cl)N1CCC(c2nc(C3=NOC(c4ccccc4[CH2][GaH2])C3)cs2)CC1. The average Bonchev–Trinajstić information content (AvgIpc) is 3.59. The second-order valence-electron chi connectivity index (χ2n) is 8.42. The van der Waals surface area contributed by atoms with Crippen LogP contribution in [0.5, 0.6) is 0 Å². The molecule has 1 atom stereocenters. The minimum absolute atomic E-state index is 0.0266. The van der Waals surface area contributed by atoms with Gasteiger partial charge in [0.1, 0.15) is 6.54 Å². The van der Waals surface area contributed by atoms with E-state index in [9.17, 15) is 4.79 Å². The van der Waals surface area contributed by atoms with Crippen molar-refractivity contribution in [2.45, 2.75) is 42.8 Å². The number of piperidine rings is 1. The summed E-state index contributed by atoms with van der Waals surface area (Å²) in [6.45, 7) is 1.38. The van der Waals surface area contributed by atoms with Gasteiger partial charge in [0, 0.05) is 0 Å². The van der Waals surface area contributed by atoms with Crippen LogP contribution in [-0.2, 0) is 21.2 Å². The molecule has 1 amide bonds. The van der Waals surface area contributed by atoms with E-state index in [4.69, 9.17) is 33.0 Å². The molecule has 8 nitrogen and oxygen atoms in total. The molecule has 176 valence electrons. The number of carbonyl (C=O) groups excluding carboxylic acids is 1. The van der Waals surface area contributed by atoms with Crippen LogP contribution in [0.25, 0.3) is 0 Å². The maximum atomic E-state index is 12.6. The van der Waals surface area contributed by atoms with Gasteiger partial charge in [-0.05, 0) is 23.2 Å². The molecule has 1 saturated heterocycles. The van der Waals surface area contributed by atoms with E-state index in [1.807, 2.05) is 4.90 Å². The fraction of sp³-hybridized carbons (Fsp3) is 0.409. The van der Waals surface area contributed by atoms with Gasteiger partial charge < -0.3 is 4.90 Å². The fourth-order valence-electron chi connectivity index (χ4n) is 4.48. The Morgan fingerprint density at radius 2 is 2.00 bits per heavy atom. The Labute approximate surface area is 221 Å².